The van der Waals surface area contributed by atoms with E-state index in [1.807, 2.05) is 0 Å². The Morgan fingerprint density at radius 2 is 2.00 bits per heavy atom. The van der Waals surface area contributed by atoms with Gasteiger partial charge in [-0.3, -0.25) is 4.79 Å². The van der Waals surface area contributed by atoms with Crippen LogP contribution in [-0.4, -0.2) is 40.9 Å². The molecule has 2 aliphatic rings. The first kappa shape index (κ1) is 19.2. The molecule has 0 radical (unpaired) electrons. The molecule has 0 N–H and O–H groups in total. The van der Waals surface area contributed by atoms with Crippen LogP contribution < -0.4 is 9.47 Å². The molecule has 6 nitrogen and oxygen atoms in total. The predicted molar refractivity (Wildman–Crippen MR) is 108 cm³/mol. The monoisotopic (exact) mass is 399 g/mol. The molecular formula is C21H25N3O3S. The lowest BCUT2D eigenvalue weighted by molar-refractivity contribution is 0.101. The summed E-state index contributed by atoms with van der Waals surface area (Å²) in [5, 5.41) is 9.36. The molecule has 2 unspecified atom stereocenters. The number of Topliss-reactive ketones (excluding diaryl/α,β-unsaturated/α-hetero) is 1. The summed E-state index contributed by atoms with van der Waals surface area (Å²) in [6.07, 6.45) is 2.27. The predicted octanol–water partition coefficient (Wildman–Crippen LogP) is 4.04. The minimum Gasteiger partial charge on any atom is -0.497 e. The van der Waals surface area contributed by atoms with E-state index in [0.717, 1.165) is 24.2 Å². The van der Waals surface area contributed by atoms with E-state index in [0.29, 0.717) is 28.1 Å². The van der Waals surface area contributed by atoms with Crippen LogP contribution in [0.15, 0.2) is 23.4 Å². The molecule has 28 heavy (non-hydrogen) atoms. The number of hydrogen-bond acceptors (Lipinski definition) is 7. The summed E-state index contributed by atoms with van der Waals surface area (Å²) in [4.78, 5) is 17.6. The van der Waals surface area contributed by atoms with Crippen LogP contribution in [0.3, 0.4) is 0 Å². The molecule has 2 aromatic rings. The number of carbonyl (C=O) groups excluding carboxylic acids is 1. The zero-order valence-corrected chi connectivity index (χ0v) is 17.7. The Morgan fingerprint density at radius 3 is 2.71 bits per heavy atom. The molecule has 0 aliphatic heterocycles. The van der Waals surface area contributed by atoms with Gasteiger partial charge in [-0.25, -0.2) is 4.98 Å². The number of thioether (sulfide) groups is 1. The van der Waals surface area contributed by atoms with Crippen molar-refractivity contribution in [3.8, 4) is 11.5 Å². The summed E-state index contributed by atoms with van der Waals surface area (Å²) in [6.45, 7) is 6.90. The number of aromatic nitrogens is 3. The molecule has 1 fully saturated rings. The summed E-state index contributed by atoms with van der Waals surface area (Å²) in [7, 11) is 3.13. The van der Waals surface area contributed by atoms with Gasteiger partial charge < -0.3 is 9.47 Å². The Labute approximate surface area is 169 Å². The molecule has 0 saturated heterocycles. The first-order valence-electron chi connectivity index (χ1n) is 9.45. The second-order valence-corrected chi connectivity index (χ2v) is 9.19. The maximum absolute atomic E-state index is 12.8. The molecule has 2 bridgehead atoms. The minimum atomic E-state index is -0.0575. The van der Waals surface area contributed by atoms with E-state index in [1.54, 1.807) is 32.4 Å². The summed E-state index contributed by atoms with van der Waals surface area (Å²) in [6, 6.07) is 5.21. The number of carbonyl (C=O) groups is 1. The molecule has 1 aromatic carbocycles. The normalized spacial score (nSPS) is 24.1. The molecular weight excluding hydrogens is 374 g/mol. The Kier molecular flexibility index (Phi) is 4.61. The van der Waals surface area contributed by atoms with E-state index in [4.69, 9.17) is 14.5 Å². The van der Waals surface area contributed by atoms with E-state index < -0.39 is 0 Å². The number of ether oxygens (including phenoxy) is 2. The van der Waals surface area contributed by atoms with Crippen LogP contribution in [0.25, 0.3) is 0 Å². The quantitative estimate of drug-likeness (QED) is 0.536. The van der Waals surface area contributed by atoms with Crippen LogP contribution in [-0.2, 0) is 5.41 Å². The molecule has 0 amide bonds. The Hall–Kier alpha value is -2.15. The largest absolute Gasteiger partial charge is 0.497 e. The van der Waals surface area contributed by atoms with Crippen LogP contribution in [0.2, 0.25) is 0 Å². The van der Waals surface area contributed by atoms with Crippen molar-refractivity contribution in [3.63, 3.8) is 0 Å². The lowest BCUT2D eigenvalue weighted by Gasteiger charge is -2.33. The average molecular weight is 400 g/mol. The highest BCUT2D eigenvalue weighted by molar-refractivity contribution is 7.99. The van der Waals surface area contributed by atoms with Gasteiger partial charge in [-0.05, 0) is 36.5 Å². The number of benzene rings is 1. The zero-order chi connectivity index (χ0) is 20.1. The lowest BCUT2D eigenvalue weighted by atomic mass is 9.70. The molecule has 1 saturated carbocycles. The van der Waals surface area contributed by atoms with Gasteiger partial charge in [0.15, 0.2) is 5.78 Å². The van der Waals surface area contributed by atoms with Crippen LogP contribution in [0, 0.1) is 5.41 Å². The molecule has 2 aliphatic carbocycles. The molecule has 1 aromatic heterocycles. The molecule has 148 valence electrons. The van der Waals surface area contributed by atoms with Crippen LogP contribution in [0.5, 0.6) is 11.5 Å². The van der Waals surface area contributed by atoms with Crippen molar-refractivity contribution in [2.45, 2.75) is 50.1 Å². The maximum atomic E-state index is 12.8. The first-order chi connectivity index (χ1) is 13.3. The topological polar surface area (TPSA) is 74.2 Å². The number of hydrogen-bond donors (Lipinski definition) is 0. The van der Waals surface area contributed by atoms with Gasteiger partial charge >= 0.3 is 0 Å². The van der Waals surface area contributed by atoms with Gasteiger partial charge in [0, 0.05) is 11.3 Å². The fraction of sp³-hybridized carbons (Fsp3) is 0.524. The number of rotatable bonds is 6. The first-order valence-corrected chi connectivity index (χ1v) is 10.4. The molecule has 7 heteroatoms. The van der Waals surface area contributed by atoms with Crippen LogP contribution >= 0.6 is 11.8 Å². The molecule has 2 atom stereocenters. The smallest absolute Gasteiger partial charge is 0.209 e. The average Bonchev–Trinajstić information content (AvgIpc) is 3.04. The second-order valence-electron chi connectivity index (χ2n) is 8.25. The van der Waals surface area contributed by atoms with E-state index in [-0.39, 0.29) is 22.4 Å². The highest BCUT2D eigenvalue weighted by Crippen LogP contribution is 2.66. The van der Waals surface area contributed by atoms with Crippen molar-refractivity contribution < 1.29 is 14.3 Å². The van der Waals surface area contributed by atoms with Gasteiger partial charge in [0.25, 0.3) is 0 Å². The van der Waals surface area contributed by atoms with Crippen LogP contribution in [0.4, 0.5) is 0 Å². The third-order valence-corrected chi connectivity index (χ3v) is 7.65. The lowest BCUT2D eigenvalue weighted by Crippen LogP contribution is -2.32. The molecule has 1 heterocycles. The van der Waals surface area contributed by atoms with Crippen molar-refractivity contribution in [1.29, 1.82) is 0 Å². The van der Waals surface area contributed by atoms with Crippen LogP contribution in [0.1, 0.15) is 61.3 Å². The van der Waals surface area contributed by atoms with Crippen molar-refractivity contribution in [1.82, 2.24) is 15.2 Å². The van der Waals surface area contributed by atoms with E-state index in [1.165, 1.54) is 11.8 Å². The number of nitrogens with zero attached hydrogens (tertiary/aromatic N) is 3. The summed E-state index contributed by atoms with van der Waals surface area (Å²) in [5.41, 5.74) is 2.78. The van der Waals surface area contributed by atoms with Gasteiger partial charge in [-0.1, -0.05) is 32.5 Å². The number of methoxy groups -OCH3 is 2. The zero-order valence-electron chi connectivity index (χ0n) is 16.9. The van der Waals surface area contributed by atoms with E-state index >= 15 is 0 Å². The van der Waals surface area contributed by atoms with Crippen molar-refractivity contribution in [3.05, 3.63) is 35.2 Å². The maximum Gasteiger partial charge on any atom is 0.209 e. The third-order valence-electron chi connectivity index (χ3n) is 6.81. The van der Waals surface area contributed by atoms with Gasteiger partial charge in [-0.15, -0.1) is 5.10 Å². The molecule has 4 rings (SSSR count). The SMILES string of the molecule is COc1ccc(OC)c(C(=O)CSc2nnc3c(n2)C2(C)CCC3C2(C)C)c1. The molecule has 0 spiro atoms. The van der Waals surface area contributed by atoms with Crippen molar-refractivity contribution in [2.75, 3.05) is 20.0 Å². The third kappa shape index (κ3) is 2.70. The highest BCUT2D eigenvalue weighted by atomic mass is 32.2. The fourth-order valence-corrected chi connectivity index (χ4v) is 5.33. The standard InChI is InChI=1S/C21H25N3O3S/c1-20(2)14-8-9-21(20,3)18-17(14)23-24-19(22-18)28-11-15(25)13-10-12(26-4)6-7-16(13)27-5/h6-7,10,14H,8-9,11H2,1-5H3. The van der Waals surface area contributed by atoms with E-state index in [2.05, 4.69) is 31.0 Å². The fourth-order valence-electron chi connectivity index (χ4n) is 4.66. The summed E-state index contributed by atoms with van der Waals surface area (Å²) in [5.74, 6) is 1.74. The summed E-state index contributed by atoms with van der Waals surface area (Å²) < 4.78 is 10.5. The van der Waals surface area contributed by atoms with Gasteiger partial charge in [0.2, 0.25) is 5.16 Å². The summed E-state index contributed by atoms with van der Waals surface area (Å²) >= 11 is 1.32. The minimum absolute atomic E-state index is 0.0261. The number of ketones is 1. The Morgan fingerprint density at radius 1 is 1.21 bits per heavy atom. The van der Waals surface area contributed by atoms with Crippen molar-refractivity contribution in [2.24, 2.45) is 5.41 Å². The highest BCUT2D eigenvalue weighted by Gasteiger charge is 2.61. The van der Waals surface area contributed by atoms with E-state index in [9.17, 15) is 4.79 Å². The Balaban J connectivity index is 1.54. The number of fused-ring (bicyclic) bond motifs is 5. The van der Waals surface area contributed by atoms with Gasteiger partial charge in [-0.2, -0.15) is 5.10 Å². The second kappa shape index (κ2) is 6.72. The van der Waals surface area contributed by atoms with Crippen molar-refractivity contribution >= 4 is 17.5 Å². The Bertz CT molecular complexity index is 946. The van der Waals surface area contributed by atoms with Gasteiger partial charge in [0.1, 0.15) is 11.5 Å². The van der Waals surface area contributed by atoms with Gasteiger partial charge in [0.05, 0.1) is 36.9 Å².